The number of pyridine rings is 1. The summed E-state index contributed by atoms with van der Waals surface area (Å²) in [6.07, 6.45) is 2.58. The summed E-state index contributed by atoms with van der Waals surface area (Å²) in [6, 6.07) is 9.80. The van der Waals surface area contributed by atoms with Crippen LogP contribution in [0.2, 0.25) is 0 Å². The van der Waals surface area contributed by atoms with E-state index in [4.69, 9.17) is 5.73 Å². The van der Waals surface area contributed by atoms with Crippen molar-refractivity contribution in [1.29, 1.82) is 0 Å². The maximum atomic E-state index is 12.8. The zero-order valence-electron chi connectivity index (χ0n) is 12.3. The van der Waals surface area contributed by atoms with E-state index in [9.17, 15) is 4.79 Å². The molecule has 21 heavy (non-hydrogen) atoms. The predicted octanol–water partition coefficient (Wildman–Crippen LogP) is 2.81. The Kier molecular flexibility index (Phi) is 3.37. The molecule has 2 heterocycles. The van der Waals surface area contributed by atoms with Crippen molar-refractivity contribution in [3.8, 4) is 0 Å². The number of nitrogen functional groups attached to an aromatic ring is 1. The molecule has 0 radical (unpaired) electrons. The molecule has 1 aromatic carbocycles. The highest BCUT2D eigenvalue weighted by Crippen LogP contribution is 2.31. The molecular weight excluding hydrogens is 262 g/mol. The Balaban J connectivity index is 2.02. The Labute approximate surface area is 124 Å². The molecule has 2 N–H and O–H groups in total. The second-order valence-corrected chi connectivity index (χ2v) is 5.77. The SMILES string of the molecule is Cc1cc(N)c(C(=O)N2CC(C)Cc3ccccc32)cn1. The van der Waals surface area contributed by atoms with Crippen molar-refractivity contribution in [2.24, 2.45) is 5.92 Å². The molecule has 3 rings (SSSR count). The second kappa shape index (κ2) is 5.20. The van der Waals surface area contributed by atoms with Crippen LogP contribution in [0.5, 0.6) is 0 Å². The molecule has 4 nitrogen and oxygen atoms in total. The van der Waals surface area contributed by atoms with Crippen molar-refractivity contribution < 1.29 is 4.79 Å². The molecule has 4 heteroatoms. The van der Waals surface area contributed by atoms with Crippen LogP contribution in [0.1, 0.15) is 28.5 Å². The number of aryl methyl sites for hydroxylation is 1. The van der Waals surface area contributed by atoms with Gasteiger partial charge >= 0.3 is 0 Å². The third-order valence-electron chi connectivity index (χ3n) is 3.89. The van der Waals surface area contributed by atoms with Gasteiger partial charge in [0, 0.05) is 29.8 Å². The number of anilines is 2. The van der Waals surface area contributed by atoms with Gasteiger partial charge in [-0.05, 0) is 37.0 Å². The highest BCUT2D eigenvalue weighted by atomic mass is 16.2. The summed E-state index contributed by atoms with van der Waals surface area (Å²) in [4.78, 5) is 18.9. The van der Waals surface area contributed by atoms with Gasteiger partial charge in [0.15, 0.2) is 0 Å². The van der Waals surface area contributed by atoms with Crippen LogP contribution >= 0.6 is 0 Å². The maximum absolute atomic E-state index is 12.8. The number of hydrogen-bond acceptors (Lipinski definition) is 3. The lowest BCUT2D eigenvalue weighted by molar-refractivity contribution is 0.0981. The molecule has 1 amide bonds. The van der Waals surface area contributed by atoms with Crippen LogP contribution in [-0.2, 0) is 6.42 Å². The normalized spacial score (nSPS) is 17.4. The largest absolute Gasteiger partial charge is 0.398 e. The first-order chi connectivity index (χ1) is 10.1. The van der Waals surface area contributed by atoms with Crippen molar-refractivity contribution in [2.45, 2.75) is 20.3 Å². The van der Waals surface area contributed by atoms with Crippen molar-refractivity contribution in [3.05, 3.63) is 53.3 Å². The lowest BCUT2D eigenvalue weighted by Crippen LogP contribution is -2.39. The van der Waals surface area contributed by atoms with E-state index in [1.807, 2.05) is 30.0 Å². The summed E-state index contributed by atoms with van der Waals surface area (Å²) in [6.45, 7) is 4.74. The number of nitrogens with zero attached hydrogens (tertiary/aromatic N) is 2. The fourth-order valence-electron chi connectivity index (χ4n) is 2.89. The zero-order chi connectivity index (χ0) is 15.0. The fourth-order valence-corrected chi connectivity index (χ4v) is 2.89. The fraction of sp³-hybridized carbons (Fsp3) is 0.294. The van der Waals surface area contributed by atoms with E-state index < -0.39 is 0 Å². The molecule has 1 atom stereocenters. The Morgan fingerprint density at radius 2 is 2.14 bits per heavy atom. The van der Waals surface area contributed by atoms with Crippen molar-refractivity contribution in [2.75, 3.05) is 17.2 Å². The van der Waals surface area contributed by atoms with E-state index >= 15 is 0 Å². The molecule has 0 bridgehead atoms. The van der Waals surface area contributed by atoms with E-state index in [2.05, 4.69) is 18.0 Å². The van der Waals surface area contributed by atoms with Crippen molar-refractivity contribution in [3.63, 3.8) is 0 Å². The van der Waals surface area contributed by atoms with Gasteiger partial charge in [0.2, 0.25) is 0 Å². The van der Waals surface area contributed by atoms with Crippen LogP contribution in [0.3, 0.4) is 0 Å². The van der Waals surface area contributed by atoms with E-state index in [0.29, 0.717) is 23.7 Å². The summed E-state index contributed by atoms with van der Waals surface area (Å²) in [7, 11) is 0. The predicted molar refractivity (Wildman–Crippen MR) is 84.4 cm³/mol. The molecule has 108 valence electrons. The third-order valence-corrected chi connectivity index (χ3v) is 3.89. The zero-order valence-corrected chi connectivity index (χ0v) is 12.3. The number of carbonyl (C=O) groups is 1. The number of carbonyl (C=O) groups excluding carboxylic acids is 1. The van der Waals surface area contributed by atoms with Crippen LogP contribution in [0.25, 0.3) is 0 Å². The molecule has 1 aliphatic heterocycles. The van der Waals surface area contributed by atoms with Gasteiger partial charge in [-0.2, -0.15) is 0 Å². The summed E-state index contributed by atoms with van der Waals surface area (Å²) >= 11 is 0. The monoisotopic (exact) mass is 281 g/mol. The van der Waals surface area contributed by atoms with Gasteiger partial charge in [-0.15, -0.1) is 0 Å². The van der Waals surface area contributed by atoms with Gasteiger partial charge in [-0.25, -0.2) is 0 Å². The van der Waals surface area contributed by atoms with Crippen LogP contribution in [0.15, 0.2) is 36.5 Å². The summed E-state index contributed by atoms with van der Waals surface area (Å²) in [5.74, 6) is 0.363. The minimum Gasteiger partial charge on any atom is -0.398 e. The number of fused-ring (bicyclic) bond motifs is 1. The lowest BCUT2D eigenvalue weighted by atomic mass is 9.93. The number of para-hydroxylation sites is 1. The van der Waals surface area contributed by atoms with E-state index in [1.54, 1.807) is 12.3 Å². The average Bonchev–Trinajstić information content (AvgIpc) is 2.45. The second-order valence-electron chi connectivity index (χ2n) is 5.77. The molecule has 1 aromatic heterocycles. The highest BCUT2D eigenvalue weighted by Gasteiger charge is 2.27. The number of rotatable bonds is 1. The molecule has 2 aromatic rings. The first-order valence-electron chi connectivity index (χ1n) is 7.18. The van der Waals surface area contributed by atoms with Gasteiger partial charge in [-0.3, -0.25) is 9.78 Å². The number of benzene rings is 1. The standard InChI is InChI=1S/C17H19N3O/c1-11-7-13-5-3-4-6-16(13)20(10-11)17(21)14-9-19-12(2)8-15(14)18/h3-6,8-9,11H,7,10H2,1-2H3,(H2,18,19). The van der Waals surface area contributed by atoms with Crippen LogP contribution in [-0.4, -0.2) is 17.4 Å². The summed E-state index contributed by atoms with van der Waals surface area (Å²) in [5.41, 5.74) is 9.98. The van der Waals surface area contributed by atoms with Crippen LogP contribution in [0, 0.1) is 12.8 Å². The molecular formula is C17H19N3O. The van der Waals surface area contributed by atoms with Crippen LogP contribution in [0.4, 0.5) is 11.4 Å². The van der Waals surface area contributed by atoms with Gasteiger partial charge in [-0.1, -0.05) is 25.1 Å². The molecule has 0 aliphatic carbocycles. The Bertz CT molecular complexity index is 696. The van der Waals surface area contributed by atoms with Gasteiger partial charge in [0.05, 0.1) is 5.56 Å². The number of amides is 1. The Hall–Kier alpha value is -2.36. The molecule has 1 unspecified atom stereocenters. The van der Waals surface area contributed by atoms with E-state index in [0.717, 1.165) is 17.8 Å². The Morgan fingerprint density at radius 1 is 1.38 bits per heavy atom. The first-order valence-corrected chi connectivity index (χ1v) is 7.18. The number of aromatic nitrogens is 1. The van der Waals surface area contributed by atoms with Gasteiger partial charge < -0.3 is 10.6 Å². The first kappa shape index (κ1) is 13.6. The lowest BCUT2D eigenvalue weighted by Gasteiger charge is -2.33. The van der Waals surface area contributed by atoms with Crippen molar-refractivity contribution in [1.82, 2.24) is 4.98 Å². The highest BCUT2D eigenvalue weighted by molar-refractivity contribution is 6.09. The van der Waals surface area contributed by atoms with Crippen molar-refractivity contribution >= 4 is 17.3 Å². The third kappa shape index (κ3) is 2.49. The summed E-state index contributed by atoms with van der Waals surface area (Å²) < 4.78 is 0. The topological polar surface area (TPSA) is 59.2 Å². The van der Waals surface area contributed by atoms with Gasteiger partial charge in [0.25, 0.3) is 5.91 Å². The quantitative estimate of drug-likeness (QED) is 0.874. The average molecular weight is 281 g/mol. The molecule has 0 fully saturated rings. The molecule has 0 saturated carbocycles. The van der Waals surface area contributed by atoms with Gasteiger partial charge in [0.1, 0.15) is 0 Å². The Morgan fingerprint density at radius 3 is 2.90 bits per heavy atom. The minimum atomic E-state index is -0.0704. The van der Waals surface area contributed by atoms with Crippen LogP contribution < -0.4 is 10.6 Å². The minimum absolute atomic E-state index is 0.0704. The summed E-state index contributed by atoms with van der Waals surface area (Å²) in [5, 5.41) is 0. The maximum Gasteiger partial charge on any atom is 0.261 e. The van der Waals surface area contributed by atoms with E-state index in [1.165, 1.54) is 5.56 Å². The number of nitrogens with two attached hydrogens (primary N) is 1. The molecule has 0 saturated heterocycles. The smallest absolute Gasteiger partial charge is 0.261 e. The number of hydrogen-bond donors (Lipinski definition) is 1. The molecule has 1 aliphatic rings. The van der Waals surface area contributed by atoms with E-state index in [-0.39, 0.29) is 5.91 Å². The molecule has 0 spiro atoms.